The number of methoxy groups -OCH3 is 1. The van der Waals surface area contributed by atoms with Crippen molar-refractivity contribution in [1.29, 1.82) is 0 Å². The fourth-order valence-electron chi connectivity index (χ4n) is 2.68. The predicted molar refractivity (Wildman–Crippen MR) is 123 cm³/mol. The lowest BCUT2D eigenvalue weighted by molar-refractivity contribution is 0.372. The third-order valence-corrected chi connectivity index (χ3v) is 6.43. The second-order valence-electron chi connectivity index (χ2n) is 6.05. The first-order chi connectivity index (χ1) is 14.6. The first-order valence-electron chi connectivity index (χ1n) is 8.71. The molecule has 9 heteroatoms. The molecule has 0 aliphatic carbocycles. The van der Waals surface area contributed by atoms with E-state index in [4.69, 9.17) is 4.74 Å². The summed E-state index contributed by atoms with van der Waals surface area (Å²) in [5.41, 5.74) is 1.81. The van der Waals surface area contributed by atoms with E-state index in [1.165, 1.54) is 24.5 Å². The number of halogens is 2. The Kier molecular flexibility index (Phi) is 6.12. The first kappa shape index (κ1) is 20.5. The number of hydrogen-bond donors (Lipinski definition) is 1. The number of benzene rings is 2. The Bertz CT molecular complexity index is 1280. The Morgan fingerprint density at radius 1 is 1.17 bits per heavy atom. The monoisotopic (exact) mass is 503 g/mol. The molecule has 30 heavy (non-hydrogen) atoms. The minimum Gasteiger partial charge on any atom is -0.503 e. The minimum atomic E-state index is -0.397. The molecule has 4 rings (SSSR count). The number of phenolic OH excluding ortho intramolecular Hbond substituents is 1. The van der Waals surface area contributed by atoms with Crippen molar-refractivity contribution < 1.29 is 14.2 Å². The van der Waals surface area contributed by atoms with Gasteiger partial charge in [0, 0.05) is 5.38 Å². The highest BCUT2D eigenvalue weighted by Gasteiger charge is 2.11. The SMILES string of the molecule is COc1cc(C=Nn2c(-c3cccs3)csc2=Nc2ccccc2F)cc(Br)c1O. The van der Waals surface area contributed by atoms with Gasteiger partial charge in [-0.1, -0.05) is 18.2 Å². The summed E-state index contributed by atoms with van der Waals surface area (Å²) in [7, 11) is 1.48. The third kappa shape index (κ3) is 4.23. The number of nitrogens with zero attached hydrogens (tertiary/aromatic N) is 3. The molecule has 0 radical (unpaired) electrons. The topological polar surface area (TPSA) is 59.1 Å². The van der Waals surface area contributed by atoms with Gasteiger partial charge in [-0.2, -0.15) is 5.10 Å². The van der Waals surface area contributed by atoms with Crippen LogP contribution in [0.1, 0.15) is 5.56 Å². The maximum absolute atomic E-state index is 14.1. The zero-order valence-electron chi connectivity index (χ0n) is 15.6. The molecular weight excluding hydrogens is 489 g/mol. The lowest BCUT2D eigenvalue weighted by Crippen LogP contribution is -2.11. The molecule has 0 fully saturated rings. The quantitative estimate of drug-likeness (QED) is 0.339. The molecular formula is C21H15BrFN3O2S2. The van der Waals surface area contributed by atoms with Crippen LogP contribution in [0.25, 0.3) is 10.6 Å². The Hall–Kier alpha value is -2.75. The molecule has 0 saturated carbocycles. The standard InChI is InChI=1S/C21H15BrFN3O2S2/c1-28-18-10-13(9-14(22)20(18)27)11-24-26-17(19-7-4-8-29-19)12-30-21(26)25-16-6-3-2-5-15(16)23/h2-12,27H,1H3. The van der Waals surface area contributed by atoms with Gasteiger partial charge in [0.15, 0.2) is 11.5 Å². The van der Waals surface area contributed by atoms with Gasteiger partial charge in [-0.3, -0.25) is 0 Å². The molecule has 1 N–H and O–H groups in total. The predicted octanol–water partition coefficient (Wildman–Crippen LogP) is 6.01. The Labute approximate surface area is 188 Å². The van der Waals surface area contributed by atoms with Crippen LogP contribution in [0.2, 0.25) is 0 Å². The molecule has 2 aromatic carbocycles. The zero-order chi connectivity index (χ0) is 21.1. The fourth-order valence-corrected chi connectivity index (χ4v) is 4.78. The van der Waals surface area contributed by atoms with Gasteiger partial charge < -0.3 is 9.84 Å². The van der Waals surface area contributed by atoms with E-state index in [1.807, 2.05) is 22.9 Å². The average molecular weight is 504 g/mol. The number of aromatic hydroxyl groups is 1. The molecule has 4 aromatic rings. The minimum absolute atomic E-state index is 0.0207. The summed E-state index contributed by atoms with van der Waals surface area (Å²) >= 11 is 6.27. The van der Waals surface area contributed by atoms with Crippen molar-refractivity contribution in [3.63, 3.8) is 0 Å². The highest BCUT2D eigenvalue weighted by Crippen LogP contribution is 2.34. The number of hydrogen-bond acceptors (Lipinski definition) is 6. The average Bonchev–Trinajstić information content (AvgIpc) is 3.40. The number of rotatable bonds is 5. The summed E-state index contributed by atoms with van der Waals surface area (Å²) in [6.45, 7) is 0. The van der Waals surface area contributed by atoms with Gasteiger partial charge in [-0.05, 0) is 57.2 Å². The van der Waals surface area contributed by atoms with E-state index < -0.39 is 5.82 Å². The number of para-hydroxylation sites is 1. The molecule has 0 amide bonds. The van der Waals surface area contributed by atoms with Crippen molar-refractivity contribution in [3.05, 3.63) is 79.9 Å². The first-order valence-corrected chi connectivity index (χ1v) is 11.3. The van der Waals surface area contributed by atoms with Gasteiger partial charge in [0.1, 0.15) is 11.5 Å². The fraction of sp³-hybridized carbons (Fsp3) is 0.0476. The molecule has 2 aromatic heterocycles. The molecule has 5 nitrogen and oxygen atoms in total. The Morgan fingerprint density at radius 3 is 2.73 bits per heavy atom. The second-order valence-corrected chi connectivity index (χ2v) is 8.69. The van der Waals surface area contributed by atoms with E-state index in [1.54, 1.807) is 52.6 Å². The van der Waals surface area contributed by atoms with Crippen LogP contribution in [0.15, 0.2) is 73.9 Å². The van der Waals surface area contributed by atoms with Gasteiger partial charge in [0.25, 0.3) is 0 Å². The van der Waals surface area contributed by atoms with Crippen LogP contribution >= 0.6 is 38.6 Å². The van der Waals surface area contributed by atoms with Gasteiger partial charge in [0.05, 0.1) is 28.4 Å². The van der Waals surface area contributed by atoms with E-state index in [-0.39, 0.29) is 11.4 Å². The van der Waals surface area contributed by atoms with Crippen LogP contribution in [0.5, 0.6) is 11.5 Å². The smallest absolute Gasteiger partial charge is 0.211 e. The zero-order valence-corrected chi connectivity index (χ0v) is 18.8. The van der Waals surface area contributed by atoms with Crippen molar-refractivity contribution in [2.24, 2.45) is 10.1 Å². The van der Waals surface area contributed by atoms with E-state index in [2.05, 4.69) is 26.0 Å². The maximum atomic E-state index is 14.1. The highest BCUT2D eigenvalue weighted by molar-refractivity contribution is 9.10. The maximum Gasteiger partial charge on any atom is 0.211 e. The number of thiazole rings is 1. The lowest BCUT2D eigenvalue weighted by atomic mass is 10.2. The number of aromatic nitrogens is 1. The van der Waals surface area contributed by atoms with Crippen molar-refractivity contribution in [3.8, 4) is 22.1 Å². The van der Waals surface area contributed by atoms with Gasteiger partial charge >= 0.3 is 0 Å². The number of ether oxygens (including phenoxy) is 1. The second kappa shape index (κ2) is 8.95. The summed E-state index contributed by atoms with van der Waals surface area (Å²) in [5.74, 6) is -0.0467. The summed E-state index contributed by atoms with van der Waals surface area (Å²) in [6, 6.07) is 13.7. The molecule has 0 unspecified atom stereocenters. The highest BCUT2D eigenvalue weighted by atomic mass is 79.9. The van der Waals surface area contributed by atoms with E-state index >= 15 is 0 Å². The largest absolute Gasteiger partial charge is 0.503 e. The van der Waals surface area contributed by atoms with Crippen LogP contribution in [-0.2, 0) is 0 Å². The molecule has 0 bridgehead atoms. The number of phenols is 1. The normalized spacial score (nSPS) is 12.0. The molecule has 0 saturated heterocycles. The van der Waals surface area contributed by atoms with Crippen molar-refractivity contribution in [2.45, 2.75) is 0 Å². The summed E-state index contributed by atoms with van der Waals surface area (Å²) in [4.78, 5) is 6.02. The van der Waals surface area contributed by atoms with Gasteiger partial charge in [-0.25, -0.2) is 14.1 Å². The van der Waals surface area contributed by atoms with Crippen LogP contribution in [0, 0.1) is 5.82 Å². The molecule has 0 aliphatic heterocycles. The van der Waals surface area contributed by atoms with E-state index in [0.29, 0.717) is 20.6 Å². The Morgan fingerprint density at radius 2 is 2.00 bits per heavy atom. The molecule has 0 atom stereocenters. The molecule has 0 aliphatic rings. The van der Waals surface area contributed by atoms with Crippen LogP contribution in [0.3, 0.4) is 0 Å². The third-order valence-electron chi connectivity index (χ3n) is 4.12. The lowest BCUT2D eigenvalue weighted by Gasteiger charge is -2.06. The number of thiophene rings is 1. The summed E-state index contributed by atoms with van der Waals surface area (Å²) in [6.07, 6.45) is 1.64. The van der Waals surface area contributed by atoms with E-state index in [9.17, 15) is 9.50 Å². The summed E-state index contributed by atoms with van der Waals surface area (Å²) in [5, 5.41) is 18.5. The van der Waals surface area contributed by atoms with Gasteiger partial charge in [-0.15, -0.1) is 22.7 Å². The molecule has 2 heterocycles. The van der Waals surface area contributed by atoms with Crippen molar-refractivity contribution in [1.82, 2.24) is 4.68 Å². The Balaban J connectivity index is 1.84. The van der Waals surface area contributed by atoms with Crippen LogP contribution in [-0.4, -0.2) is 23.1 Å². The summed E-state index contributed by atoms with van der Waals surface area (Å²) < 4.78 is 21.5. The van der Waals surface area contributed by atoms with Crippen molar-refractivity contribution in [2.75, 3.05) is 7.11 Å². The van der Waals surface area contributed by atoms with Crippen molar-refractivity contribution >= 4 is 50.5 Å². The van der Waals surface area contributed by atoms with Crippen LogP contribution in [0.4, 0.5) is 10.1 Å². The van der Waals surface area contributed by atoms with Crippen LogP contribution < -0.4 is 9.54 Å². The van der Waals surface area contributed by atoms with Gasteiger partial charge in [0.2, 0.25) is 4.80 Å². The van der Waals surface area contributed by atoms with E-state index in [0.717, 1.165) is 10.6 Å². The molecule has 152 valence electrons. The molecule has 0 spiro atoms.